The van der Waals surface area contributed by atoms with Crippen molar-refractivity contribution in [1.82, 2.24) is 0 Å². The van der Waals surface area contributed by atoms with Gasteiger partial charge in [-0.15, -0.1) is 0 Å². The van der Waals surface area contributed by atoms with E-state index in [4.69, 9.17) is 4.42 Å². The van der Waals surface area contributed by atoms with Crippen molar-refractivity contribution in [3.8, 4) is 0 Å². The van der Waals surface area contributed by atoms with Crippen LogP contribution in [0.1, 0.15) is 12.5 Å². The molecule has 0 aliphatic rings. The standard InChI is InChI=1S/C17H12BrNO2/c1-11(19-14-8-6-13(18)7-9-14)15-10-12-4-2-3-5-16(12)21-17(15)20/h2-10H,1H3. The van der Waals surface area contributed by atoms with Crippen LogP contribution in [-0.2, 0) is 0 Å². The van der Waals surface area contributed by atoms with Crippen molar-refractivity contribution in [2.24, 2.45) is 4.99 Å². The predicted molar refractivity (Wildman–Crippen MR) is 88.5 cm³/mol. The first-order valence-electron chi connectivity index (χ1n) is 6.47. The molecule has 0 bridgehead atoms. The first-order chi connectivity index (χ1) is 10.1. The molecule has 2 aromatic carbocycles. The molecule has 0 radical (unpaired) electrons. The maximum atomic E-state index is 12.1. The van der Waals surface area contributed by atoms with E-state index in [2.05, 4.69) is 20.9 Å². The maximum Gasteiger partial charge on any atom is 0.345 e. The highest BCUT2D eigenvalue weighted by Gasteiger charge is 2.08. The molecule has 0 fully saturated rings. The lowest BCUT2D eigenvalue weighted by Gasteiger charge is -2.02. The summed E-state index contributed by atoms with van der Waals surface area (Å²) < 4.78 is 6.32. The molecule has 3 aromatic rings. The molecule has 0 spiro atoms. The topological polar surface area (TPSA) is 42.6 Å². The highest BCUT2D eigenvalue weighted by molar-refractivity contribution is 9.10. The molecular weight excluding hydrogens is 330 g/mol. The molecule has 0 unspecified atom stereocenters. The molecule has 3 nitrogen and oxygen atoms in total. The van der Waals surface area contributed by atoms with Gasteiger partial charge in [-0.1, -0.05) is 34.1 Å². The summed E-state index contributed by atoms with van der Waals surface area (Å²) in [6, 6.07) is 16.9. The smallest absolute Gasteiger partial charge is 0.345 e. The number of fused-ring (bicyclic) bond motifs is 1. The van der Waals surface area contributed by atoms with Gasteiger partial charge in [0.15, 0.2) is 0 Å². The minimum absolute atomic E-state index is 0.368. The number of benzene rings is 2. The SMILES string of the molecule is CC(=Nc1ccc(Br)cc1)c1cc2ccccc2oc1=O. The van der Waals surface area contributed by atoms with Gasteiger partial charge in [-0.2, -0.15) is 0 Å². The van der Waals surface area contributed by atoms with Gasteiger partial charge in [-0.3, -0.25) is 4.99 Å². The van der Waals surface area contributed by atoms with E-state index in [-0.39, 0.29) is 5.63 Å². The van der Waals surface area contributed by atoms with E-state index in [9.17, 15) is 4.79 Å². The van der Waals surface area contributed by atoms with Crippen LogP contribution in [0, 0.1) is 0 Å². The highest BCUT2D eigenvalue weighted by atomic mass is 79.9. The Balaban J connectivity index is 2.08. The number of para-hydroxylation sites is 1. The second-order valence-electron chi connectivity index (χ2n) is 4.66. The van der Waals surface area contributed by atoms with Gasteiger partial charge in [0, 0.05) is 9.86 Å². The van der Waals surface area contributed by atoms with Gasteiger partial charge < -0.3 is 4.42 Å². The Morgan fingerprint density at radius 3 is 2.57 bits per heavy atom. The van der Waals surface area contributed by atoms with Crippen molar-refractivity contribution in [2.75, 3.05) is 0 Å². The van der Waals surface area contributed by atoms with Crippen LogP contribution >= 0.6 is 15.9 Å². The monoisotopic (exact) mass is 341 g/mol. The Morgan fingerprint density at radius 2 is 1.81 bits per heavy atom. The summed E-state index contributed by atoms with van der Waals surface area (Å²) >= 11 is 3.38. The van der Waals surface area contributed by atoms with Gasteiger partial charge in [0.05, 0.1) is 17.0 Å². The minimum atomic E-state index is -0.368. The van der Waals surface area contributed by atoms with E-state index >= 15 is 0 Å². The maximum absolute atomic E-state index is 12.1. The number of hydrogen-bond donors (Lipinski definition) is 0. The van der Waals surface area contributed by atoms with E-state index in [1.54, 1.807) is 6.07 Å². The summed E-state index contributed by atoms with van der Waals surface area (Å²) in [6.07, 6.45) is 0. The van der Waals surface area contributed by atoms with Crippen LogP contribution in [0.2, 0.25) is 0 Å². The summed E-state index contributed by atoms with van der Waals surface area (Å²) in [6.45, 7) is 1.81. The summed E-state index contributed by atoms with van der Waals surface area (Å²) in [5.41, 5.74) is 2.13. The molecule has 0 N–H and O–H groups in total. The Morgan fingerprint density at radius 1 is 1.10 bits per heavy atom. The molecule has 104 valence electrons. The van der Waals surface area contributed by atoms with Crippen molar-refractivity contribution in [3.05, 3.63) is 75.1 Å². The van der Waals surface area contributed by atoms with Gasteiger partial charge in [0.25, 0.3) is 0 Å². The van der Waals surface area contributed by atoms with Crippen LogP contribution in [0.25, 0.3) is 11.0 Å². The largest absolute Gasteiger partial charge is 0.422 e. The van der Waals surface area contributed by atoms with Crippen LogP contribution < -0.4 is 5.63 Å². The van der Waals surface area contributed by atoms with Crippen molar-refractivity contribution in [3.63, 3.8) is 0 Å². The molecule has 1 aromatic heterocycles. The average Bonchev–Trinajstić information content (AvgIpc) is 2.49. The number of halogens is 1. The first kappa shape index (κ1) is 13.8. The zero-order valence-corrected chi connectivity index (χ0v) is 12.9. The molecule has 3 rings (SSSR count). The zero-order chi connectivity index (χ0) is 14.8. The van der Waals surface area contributed by atoms with E-state index in [0.29, 0.717) is 16.9 Å². The lowest BCUT2D eigenvalue weighted by atomic mass is 10.1. The molecule has 0 aliphatic heterocycles. The van der Waals surface area contributed by atoms with Crippen LogP contribution in [0.5, 0.6) is 0 Å². The van der Waals surface area contributed by atoms with Gasteiger partial charge in [0.2, 0.25) is 0 Å². The zero-order valence-electron chi connectivity index (χ0n) is 11.3. The third kappa shape index (κ3) is 2.95. The lowest BCUT2D eigenvalue weighted by molar-refractivity contribution is 0.559. The van der Waals surface area contributed by atoms with Crippen LogP contribution in [0.3, 0.4) is 0 Å². The van der Waals surface area contributed by atoms with Crippen LogP contribution in [-0.4, -0.2) is 5.71 Å². The van der Waals surface area contributed by atoms with Crippen molar-refractivity contribution in [1.29, 1.82) is 0 Å². The molecule has 4 heteroatoms. The Labute approximate surface area is 130 Å². The van der Waals surface area contributed by atoms with Gasteiger partial charge in [-0.05, 0) is 43.3 Å². The third-order valence-corrected chi connectivity index (χ3v) is 3.68. The predicted octanol–water partition coefficient (Wildman–Crippen LogP) is 4.70. The van der Waals surface area contributed by atoms with Gasteiger partial charge >= 0.3 is 5.63 Å². The molecule has 21 heavy (non-hydrogen) atoms. The molecule has 0 atom stereocenters. The van der Waals surface area contributed by atoms with E-state index in [1.807, 2.05) is 55.5 Å². The fourth-order valence-corrected chi connectivity index (χ4v) is 2.35. The fraction of sp³-hybridized carbons (Fsp3) is 0.0588. The Kier molecular flexibility index (Phi) is 3.71. The van der Waals surface area contributed by atoms with Crippen molar-refractivity contribution < 1.29 is 4.42 Å². The highest BCUT2D eigenvalue weighted by Crippen LogP contribution is 2.19. The van der Waals surface area contributed by atoms with E-state index < -0.39 is 0 Å². The number of aliphatic imine (C=N–C) groups is 1. The second-order valence-corrected chi connectivity index (χ2v) is 5.57. The van der Waals surface area contributed by atoms with Crippen molar-refractivity contribution in [2.45, 2.75) is 6.92 Å². The van der Waals surface area contributed by atoms with Gasteiger partial charge in [0.1, 0.15) is 5.58 Å². The molecule has 1 heterocycles. The molecule has 0 saturated heterocycles. The van der Waals surface area contributed by atoms with Crippen LogP contribution in [0.15, 0.2) is 73.3 Å². The Bertz CT molecular complexity index is 879. The van der Waals surface area contributed by atoms with Crippen molar-refractivity contribution >= 4 is 38.3 Å². The van der Waals surface area contributed by atoms with Crippen LogP contribution in [0.4, 0.5) is 5.69 Å². The van der Waals surface area contributed by atoms with E-state index in [1.165, 1.54) is 0 Å². The normalized spacial score (nSPS) is 11.8. The summed E-state index contributed by atoms with van der Waals surface area (Å²) in [7, 11) is 0. The number of rotatable bonds is 2. The lowest BCUT2D eigenvalue weighted by Crippen LogP contribution is -2.11. The molecule has 0 amide bonds. The molecule has 0 aliphatic carbocycles. The Hall–Kier alpha value is -2.20. The number of hydrogen-bond acceptors (Lipinski definition) is 3. The fourth-order valence-electron chi connectivity index (χ4n) is 2.08. The molecule has 0 saturated carbocycles. The second kappa shape index (κ2) is 5.66. The molecular formula is C17H12BrNO2. The quantitative estimate of drug-likeness (QED) is 0.501. The summed E-state index contributed by atoms with van der Waals surface area (Å²) in [5.74, 6) is 0. The summed E-state index contributed by atoms with van der Waals surface area (Å²) in [5, 5.41) is 0.887. The third-order valence-electron chi connectivity index (χ3n) is 3.15. The first-order valence-corrected chi connectivity index (χ1v) is 7.27. The average molecular weight is 342 g/mol. The van der Waals surface area contributed by atoms with Gasteiger partial charge in [-0.25, -0.2) is 4.79 Å². The van der Waals surface area contributed by atoms with E-state index in [0.717, 1.165) is 15.5 Å². The minimum Gasteiger partial charge on any atom is -0.422 e. The summed E-state index contributed by atoms with van der Waals surface area (Å²) in [4.78, 5) is 16.5. The number of nitrogens with zero attached hydrogens (tertiary/aromatic N) is 1.